The fraction of sp³-hybridized carbons (Fsp3) is 0.643. The Kier molecular flexibility index (Phi) is 2.48. The molecule has 0 amide bonds. The molecule has 0 aromatic rings. The molecule has 1 fully saturated rings. The Labute approximate surface area is 97.0 Å². The molecule has 0 radical (unpaired) electrons. The number of carboxylic acid groups (broad SMARTS) is 1. The van der Waals surface area contributed by atoms with E-state index in [0.29, 0.717) is 23.3 Å². The van der Waals surface area contributed by atoms with Crippen LogP contribution in [0.2, 0.25) is 0 Å². The molecule has 0 spiro atoms. The minimum absolute atomic E-state index is 0.258. The molecule has 2 rings (SSSR count). The fourth-order valence-electron chi connectivity index (χ4n) is 3.03. The highest BCUT2D eigenvalue weighted by atomic mass is 16.4. The van der Waals surface area contributed by atoms with Crippen molar-refractivity contribution in [1.82, 2.24) is 0 Å². The minimum atomic E-state index is -0.742. The second kappa shape index (κ2) is 3.47. The van der Waals surface area contributed by atoms with E-state index in [1.807, 2.05) is 20.8 Å². The Bertz CT molecular complexity index is 382. The van der Waals surface area contributed by atoms with Crippen LogP contribution in [0.5, 0.6) is 0 Å². The maximum Gasteiger partial charge on any atom is 0.332 e. The Morgan fingerprint density at radius 1 is 1.38 bits per heavy atom. The van der Waals surface area contributed by atoms with E-state index < -0.39 is 5.97 Å². The van der Waals surface area contributed by atoms with Crippen molar-refractivity contribution in [2.75, 3.05) is 0 Å². The van der Waals surface area contributed by atoms with Crippen LogP contribution in [0.4, 0.5) is 0 Å². The predicted octanol–water partition coefficient (Wildman–Crippen LogP) is 3.26. The van der Waals surface area contributed by atoms with Gasteiger partial charge in [-0.05, 0) is 23.7 Å². The summed E-state index contributed by atoms with van der Waals surface area (Å²) >= 11 is 0. The molecular weight excluding hydrogens is 200 g/mol. The van der Waals surface area contributed by atoms with Gasteiger partial charge in [-0.2, -0.15) is 0 Å². The molecule has 2 aliphatic carbocycles. The van der Waals surface area contributed by atoms with E-state index in [4.69, 9.17) is 0 Å². The van der Waals surface area contributed by atoms with Gasteiger partial charge >= 0.3 is 5.97 Å². The van der Waals surface area contributed by atoms with Crippen molar-refractivity contribution >= 4 is 5.97 Å². The second-order valence-corrected chi connectivity index (χ2v) is 6.09. The zero-order chi connectivity index (χ0) is 12.1. The summed E-state index contributed by atoms with van der Waals surface area (Å²) in [6.45, 7) is 8.17. The van der Waals surface area contributed by atoms with E-state index in [1.165, 1.54) is 0 Å². The summed E-state index contributed by atoms with van der Waals surface area (Å²) in [5, 5.41) is 9.35. The van der Waals surface area contributed by atoms with Crippen molar-refractivity contribution in [3.8, 4) is 0 Å². The van der Waals surface area contributed by atoms with Gasteiger partial charge in [0.2, 0.25) is 0 Å². The van der Waals surface area contributed by atoms with Crippen LogP contribution in [0, 0.1) is 23.2 Å². The molecule has 1 N–H and O–H groups in total. The van der Waals surface area contributed by atoms with Gasteiger partial charge in [0.25, 0.3) is 0 Å². The molecule has 2 heteroatoms. The van der Waals surface area contributed by atoms with Crippen LogP contribution in [0.25, 0.3) is 0 Å². The fourth-order valence-corrected chi connectivity index (χ4v) is 3.03. The van der Waals surface area contributed by atoms with Crippen molar-refractivity contribution in [2.45, 2.75) is 34.1 Å². The zero-order valence-electron chi connectivity index (χ0n) is 10.4. The highest BCUT2D eigenvalue weighted by molar-refractivity contribution is 5.89. The molecule has 16 heavy (non-hydrogen) atoms. The standard InChI is InChI=1S/C14H20O2/c1-8-5-6-9-10(8)7-11(9)12(13(15)16)14(2,3)4/h5-6,8-10H,7H2,1-4H3,(H,15,16)/t8?,9-,10+/m1/s1. The summed E-state index contributed by atoms with van der Waals surface area (Å²) in [5.74, 6) is 0.935. The van der Waals surface area contributed by atoms with Crippen LogP contribution >= 0.6 is 0 Å². The van der Waals surface area contributed by atoms with Gasteiger partial charge in [0.1, 0.15) is 0 Å². The molecule has 1 saturated carbocycles. The second-order valence-electron chi connectivity index (χ2n) is 6.09. The van der Waals surface area contributed by atoms with Crippen LogP contribution in [0.15, 0.2) is 23.3 Å². The van der Waals surface area contributed by atoms with Gasteiger partial charge in [-0.1, -0.05) is 45.4 Å². The largest absolute Gasteiger partial charge is 0.478 e. The van der Waals surface area contributed by atoms with E-state index in [1.54, 1.807) is 0 Å². The minimum Gasteiger partial charge on any atom is -0.478 e. The maximum absolute atomic E-state index is 11.4. The molecule has 0 aromatic carbocycles. The molecule has 0 heterocycles. The van der Waals surface area contributed by atoms with Gasteiger partial charge < -0.3 is 5.11 Å². The van der Waals surface area contributed by atoms with E-state index >= 15 is 0 Å². The quantitative estimate of drug-likeness (QED) is 0.544. The third kappa shape index (κ3) is 1.60. The third-order valence-corrected chi connectivity index (χ3v) is 3.90. The van der Waals surface area contributed by atoms with Gasteiger partial charge in [0, 0.05) is 11.5 Å². The Morgan fingerprint density at radius 2 is 2.00 bits per heavy atom. The molecule has 88 valence electrons. The highest BCUT2D eigenvalue weighted by Crippen LogP contribution is 2.53. The van der Waals surface area contributed by atoms with Crippen LogP contribution in [-0.2, 0) is 4.79 Å². The number of carbonyl (C=O) groups is 1. The number of fused-ring (bicyclic) bond motifs is 1. The normalized spacial score (nSPS) is 35.6. The monoisotopic (exact) mass is 220 g/mol. The number of rotatable bonds is 1. The molecule has 0 aliphatic heterocycles. The number of allylic oxidation sites excluding steroid dienone is 3. The van der Waals surface area contributed by atoms with Crippen LogP contribution in [0.3, 0.4) is 0 Å². The lowest BCUT2D eigenvalue weighted by Gasteiger charge is -2.40. The first-order chi connectivity index (χ1) is 7.32. The third-order valence-electron chi connectivity index (χ3n) is 3.90. The molecule has 3 atom stereocenters. The smallest absolute Gasteiger partial charge is 0.332 e. The Morgan fingerprint density at radius 3 is 2.44 bits per heavy atom. The van der Waals surface area contributed by atoms with E-state index in [-0.39, 0.29) is 5.41 Å². The number of hydrogen-bond acceptors (Lipinski definition) is 1. The lowest BCUT2D eigenvalue weighted by Crippen LogP contribution is -2.33. The maximum atomic E-state index is 11.4. The summed E-state index contributed by atoms with van der Waals surface area (Å²) in [6, 6.07) is 0. The zero-order valence-corrected chi connectivity index (χ0v) is 10.4. The summed E-state index contributed by atoms with van der Waals surface area (Å²) in [5.41, 5.74) is 1.53. The first-order valence-electron chi connectivity index (χ1n) is 5.97. The summed E-state index contributed by atoms with van der Waals surface area (Å²) in [4.78, 5) is 11.4. The van der Waals surface area contributed by atoms with Crippen LogP contribution < -0.4 is 0 Å². The van der Waals surface area contributed by atoms with Crippen molar-refractivity contribution in [3.63, 3.8) is 0 Å². The molecule has 0 bridgehead atoms. The predicted molar refractivity (Wildman–Crippen MR) is 64.0 cm³/mol. The Balaban J connectivity index is 2.35. The number of hydrogen-bond donors (Lipinski definition) is 1. The van der Waals surface area contributed by atoms with Crippen molar-refractivity contribution < 1.29 is 9.90 Å². The van der Waals surface area contributed by atoms with Gasteiger partial charge in [-0.25, -0.2) is 4.79 Å². The number of aliphatic carboxylic acids is 1. The lowest BCUT2D eigenvalue weighted by molar-refractivity contribution is -0.133. The molecule has 2 aliphatic rings. The van der Waals surface area contributed by atoms with E-state index in [2.05, 4.69) is 19.1 Å². The van der Waals surface area contributed by atoms with Gasteiger partial charge in [0.15, 0.2) is 0 Å². The van der Waals surface area contributed by atoms with E-state index in [0.717, 1.165) is 12.0 Å². The van der Waals surface area contributed by atoms with Crippen molar-refractivity contribution in [1.29, 1.82) is 0 Å². The topological polar surface area (TPSA) is 37.3 Å². The van der Waals surface area contributed by atoms with E-state index in [9.17, 15) is 9.90 Å². The molecule has 0 saturated heterocycles. The van der Waals surface area contributed by atoms with Crippen molar-refractivity contribution in [3.05, 3.63) is 23.3 Å². The first-order valence-corrected chi connectivity index (χ1v) is 5.97. The summed E-state index contributed by atoms with van der Waals surface area (Å²) in [7, 11) is 0. The Hall–Kier alpha value is -1.05. The van der Waals surface area contributed by atoms with Crippen molar-refractivity contribution in [2.24, 2.45) is 23.2 Å². The van der Waals surface area contributed by atoms with Gasteiger partial charge in [-0.3, -0.25) is 0 Å². The van der Waals surface area contributed by atoms with Crippen LogP contribution in [0.1, 0.15) is 34.1 Å². The average Bonchev–Trinajstić information content (AvgIpc) is 2.34. The van der Waals surface area contributed by atoms with Gasteiger partial charge in [0.05, 0.1) is 0 Å². The molecule has 2 nitrogen and oxygen atoms in total. The summed E-state index contributed by atoms with van der Waals surface area (Å²) < 4.78 is 0. The molecular formula is C14H20O2. The van der Waals surface area contributed by atoms with Crippen LogP contribution in [-0.4, -0.2) is 11.1 Å². The SMILES string of the molecule is CC1C=C[C@H]2C(=C(C(=O)O)C(C)(C)C)C[C@@H]12. The average molecular weight is 220 g/mol. The molecule has 1 unspecified atom stereocenters. The molecule has 0 aromatic heterocycles. The number of carboxylic acids is 1. The van der Waals surface area contributed by atoms with Gasteiger partial charge in [-0.15, -0.1) is 0 Å². The first kappa shape index (κ1) is 11.4. The summed E-state index contributed by atoms with van der Waals surface area (Å²) in [6.07, 6.45) is 5.39. The highest BCUT2D eigenvalue weighted by Gasteiger charge is 2.44. The lowest BCUT2D eigenvalue weighted by atomic mass is 9.63.